The number of carboxylic acid groups (broad SMARTS) is 1. The van der Waals surface area contributed by atoms with E-state index in [1.807, 2.05) is 65.2 Å². The van der Waals surface area contributed by atoms with E-state index in [1.165, 1.54) is 30.1 Å². The molecule has 9 heteroatoms. The van der Waals surface area contributed by atoms with E-state index in [1.54, 1.807) is 12.1 Å². The maximum absolute atomic E-state index is 12.3. The molecule has 164 valence electrons. The SMILES string of the molecule is O=C(CSc1nnc(-c2ccccc2)n1-c1ccccc1)N/N=C\c1ccc(C(=O)O)cc1. The van der Waals surface area contributed by atoms with Crippen molar-refractivity contribution in [3.05, 3.63) is 96.1 Å². The highest BCUT2D eigenvalue weighted by molar-refractivity contribution is 7.99. The predicted molar refractivity (Wildman–Crippen MR) is 127 cm³/mol. The molecule has 0 saturated heterocycles. The maximum Gasteiger partial charge on any atom is 0.335 e. The van der Waals surface area contributed by atoms with Crippen molar-refractivity contribution in [1.82, 2.24) is 20.2 Å². The number of carbonyl (C=O) groups is 2. The Hall–Kier alpha value is -4.24. The second kappa shape index (κ2) is 10.4. The normalized spacial score (nSPS) is 10.9. The van der Waals surface area contributed by atoms with Gasteiger partial charge in [-0.3, -0.25) is 9.36 Å². The monoisotopic (exact) mass is 457 g/mol. The number of aromatic carboxylic acids is 1. The molecule has 0 aliphatic carbocycles. The first-order chi connectivity index (χ1) is 16.1. The average Bonchev–Trinajstić information content (AvgIpc) is 3.28. The van der Waals surface area contributed by atoms with Gasteiger partial charge in [0.1, 0.15) is 0 Å². The fourth-order valence-electron chi connectivity index (χ4n) is 3.00. The van der Waals surface area contributed by atoms with Gasteiger partial charge in [0.25, 0.3) is 5.91 Å². The van der Waals surface area contributed by atoms with Crippen LogP contribution in [0.3, 0.4) is 0 Å². The number of carbonyl (C=O) groups excluding carboxylic acids is 1. The van der Waals surface area contributed by atoms with E-state index in [-0.39, 0.29) is 17.2 Å². The number of hydrogen-bond donors (Lipinski definition) is 2. The summed E-state index contributed by atoms with van der Waals surface area (Å²) in [5, 5.41) is 22.1. The Balaban J connectivity index is 1.44. The van der Waals surface area contributed by atoms with E-state index in [2.05, 4.69) is 20.7 Å². The Morgan fingerprint density at radius 1 is 0.939 bits per heavy atom. The summed E-state index contributed by atoms with van der Waals surface area (Å²) < 4.78 is 1.92. The number of amides is 1. The standard InChI is InChI=1S/C24H19N5O3S/c30-21(26-25-15-17-11-13-19(14-12-17)23(31)32)16-33-24-28-27-22(18-7-3-1-4-8-18)29(24)20-9-5-2-6-10-20/h1-15H,16H2,(H,26,30)(H,31,32)/b25-15-. The molecule has 0 aliphatic rings. The molecular weight excluding hydrogens is 438 g/mol. The van der Waals surface area contributed by atoms with Gasteiger partial charge in [-0.25, -0.2) is 10.2 Å². The van der Waals surface area contributed by atoms with E-state index in [9.17, 15) is 9.59 Å². The Morgan fingerprint density at radius 2 is 1.61 bits per heavy atom. The van der Waals surface area contributed by atoms with Gasteiger partial charge < -0.3 is 5.11 Å². The number of carboxylic acids is 1. The predicted octanol–water partition coefficient (Wildman–Crippen LogP) is 3.87. The Bertz CT molecular complexity index is 1270. The molecule has 0 spiro atoms. The number of para-hydroxylation sites is 1. The summed E-state index contributed by atoms with van der Waals surface area (Å²) in [6, 6.07) is 25.6. The molecule has 1 heterocycles. The van der Waals surface area contributed by atoms with Gasteiger partial charge in [-0.1, -0.05) is 72.4 Å². The van der Waals surface area contributed by atoms with Crippen LogP contribution < -0.4 is 5.43 Å². The summed E-state index contributed by atoms with van der Waals surface area (Å²) in [6.07, 6.45) is 1.45. The fraction of sp³-hybridized carbons (Fsp3) is 0.0417. The topological polar surface area (TPSA) is 109 Å². The first kappa shape index (κ1) is 22.0. The molecular formula is C24H19N5O3S. The van der Waals surface area contributed by atoms with E-state index in [0.717, 1.165) is 11.3 Å². The molecule has 0 aliphatic heterocycles. The number of aromatic nitrogens is 3. The zero-order valence-corrected chi connectivity index (χ0v) is 18.1. The number of hydrogen-bond acceptors (Lipinski definition) is 6. The number of thioether (sulfide) groups is 1. The average molecular weight is 458 g/mol. The van der Waals surface area contributed by atoms with Crippen molar-refractivity contribution < 1.29 is 14.7 Å². The summed E-state index contributed by atoms with van der Waals surface area (Å²) in [4.78, 5) is 23.2. The van der Waals surface area contributed by atoms with E-state index >= 15 is 0 Å². The lowest BCUT2D eigenvalue weighted by molar-refractivity contribution is -0.118. The maximum atomic E-state index is 12.3. The molecule has 0 fully saturated rings. The minimum absolute atomic E-state index is 0.0923. The van der Waals surface area contributed by atoms with Crippen molar-refractivity contribution in [2.75, 3.05) is 5.75 Å². The van der Waals surface area contributed by atoms with Crippen molar-refractivity contribution in [2.24, 2.45) is 5.10 Å². The molecule has 0 unspecified atom stereocenters. The summed E-state index contributed by atoms with van der Waals surface area (Å²) in [5.74, 6) is -0.521. The molecule has 0 bridgehead atoms. The molecule has 1 aromatic heterocycles. The summed E-state index contributed by atoms with van der Waals surface area (Å²) >= 11 is 1.26. The van der Waals surface area contributed by atoms with Gasteiger partial charge in [0.2, 0.25) is 0 Å². The van der Waals surface area contributed by atoms with Crippen LogP contribution in [0.25, 0.3) is 17.1 Å². The Morgan fingerprint density at radius 3 is 2.27 bits per heavy atom. The molecule has 33 heavy (non-hydrogen) atoms. The minimum atomic E-state index is -0.998. The third-order valence-corrected chi connectivity index (χ3v) is 5.50. The van der Waals surface area contributed by atoms with Crippen LogP contribution in [0.4, 0.5) is 0 Å². The Labute approximate surface area is 194 Å². The molecule has 3 aromatic carbocycles. The lowest BCUT2D eigenvalue weighted by atomic mass is 10.1. The number of hydrazone groups is 1. The number of rotatable bonds is 8. The zero-order chi connectivity index (χ0) is 23.0. The summed E-state index contributed by atoms with van der Waals surface area (Å²) in [6.45, 7) is 0. The summed E-state index contributed by atoms with van der Waals surface area (Å²) in [5.41, 5.74) is 5.14. The second-order valence-corrected chi connectivity index (χ2v) is 7.79. The number of nitrogens with one attached hydrogen (secondary N) is 1. The number of benzene rings is 3. The molecule has 2 N–H and O–H groups in total. The zero-order valence-electron chi connectivity index (χ0n) is 17.3. The lowest BCUT2D eigenvalue weighted by Gasteiger charge is -2.10. The third-order valence-electron chi connectivity index (χ3n) is 4.57. The van der Waals surface area contributed by atoms with Crippen LogP contribution in [-0.2, 0) is 4.79 Å². The van der Waals surface area contributed by atoms with Gasteiger partial charge in [0.15, 0.2) is 11.0 Å². The van der Waals surface area contributed by atoms with Crippen LogP contribution in [0.2, 0.25) is 0 Å². The molecule has 0 atom stereocenters. The molecule has 1 amide bonds. The molecule has 0 radical (unpaired) electrons. The van der Waals surface area contributed by atoms with Crippen LogP contribution in [0.15, 0.2) is 95.2 Å². The number of nitrogens with zero attached hydrogens (tertiary/aromatic N) is 4. The van der Waals surface area contributed by atoms with Crippen molar-refractivity contribution in [3.8, 4) is 17.1 Å². The van der Waals surface area contributed by atoms with E-state index < -0.39 is 5.97 Å². The van der Waals surface area contributed by atoms with Gasteiger partial charge >= 0.3 is 5.97 Å². The second-order valence-electron chi connectivity index (χ2n) is 6.85. The molecule has 0 saturated carbocycles. The van der Waals surface area contributed by atoms with Crippen LogP contribution in [0, 0.1) is 0 Å². The van der Waals surface area contributed by atoms with Gasteiger partial charge in [-0.2, -0.15) is 5.10 Å². The molecule has 4 rings (SSSR count). The lowest BCUT2D eigenvalue weighted by Crippen LogP contribution is -2.20. The minimum Gasteiger partial charge on any atom is -0.478 e. The van der Waals surface area contributed by atoms with Crippen molar-refractivity contribution in [1.29, 1.82) is 0 Å². The van der Waals surface area contributed by atoms with E-state index in [0.29, 0.717) is 16.5 Å². The highest BCUT2D eigenvalue weighted by atomic mass is 32.2. The third kappa shape index (κ3) is 5.52. The highest BCUT2D eigenvalue weighted by Crippen LogP contribution is 2.27. The Kier molecular flexibility index (Phi) is 6.91. The van der Waals surface area contributed by atoms with Crippen molar-refractivity contribution >= 4 is 29.9 Å². The van der Waals surface area contributed by atoms with Gasteiger partial charge in [-0.15, -0.1) is 10.2 Å². The first-order valence-electron chi connectivity index (χ1n) is 9.96. The van der Waals surface area contributed by atoms with Crippen LogP contribution in [0.1, 0.15) is 15.9 Å². The van der Waals surface area contributed by atoms with Crippen molar-refractivity contribution in [2.45, 2.75) is 5.16 Å². The fourth-order valence-corrected chi connectivity index (χ4v) is 3.74. The van der Waals surface area contributed by atoms with Gasteiger partial charge in [0.05, 0.1) is 17.5 Å². The van der Waals surface area contributed by atoms with Crippen LogP contribution in [0.5, 0.6) is 0 Å². The van der Waals surface area contributed by atoms with Gasteiger partial charge in [-0.05, 0) is 29.8 Å². The highest BCUT2D eigenvalue weighted by Gasteiger charge is 2.17. The van der Waals surface area contributed by atoms with Gasteiger partial charge in [0, 0.05) is 11.3 Å². The first-order valence-corrected chi connectivity index (χ1v) is 10.9. The molecule has 8 nitrogen and oxygen atoms in total. The summed E-state index contributed by atoms with van der Waals surface area (Å²) in [7, 11) is 0. The largest absolute Gasteiger partial charge is 0.478 e. The van der Waals surface area contributed by atoms with Crippen molar-refractivity contribution in [3.63, 3.8) is 0 Å². The molecule has 4 aromatic rings. The van der Waals surface area contributed by atoms with E-state index in [4.69, 9.17) is 5.11 Å². The quantitative estimate of drug-likeness (QED) is 0.236. The van der Waals surface area contributed by atoms with Crippen LogP contribution >= 0.6 is 11.8 Å². The smallest absolute Gasteiger partial charge is 0.335 e. The van der Waals surface area contributed by atoms with Crippen LogP contribution in [-0.4, -0.2) is 43.7 Å².